The molecule has 0 saturated heterocycles. The van der Waals surface area contributed by atoms with Gasteiger partial charge in [-0.15, -0.1) is 11.3 Å². The van der Waals surface area contributed by atoms with Crippen LogP contribution in [0.4, 0.5) is 0 Å². The highest BCUT2D eigenvalue weighted by atomic mass is 79.9. The van der Waals surface area contributed by atoms with E-state index in [2.05, 4.69) is 68.5 Å². The van der Waals surface area contributed by atoms with Gasteiger partial charge in [0, 0.05) is 17.1 Å². The Morgan fingerprint density at radius 1 is 1.20 bits per heavy atom. The van der Waals surface area contributed by atoms with Crippen molar-refractivity contribution < 1.29 is 4.74 Å². The molecule has 2 rings (SSSR count). The summed E-state index contributed by atoms with van der Waals surface area (Å²) in [7, 11) is 0. The van der Waals surface area contributed by atoms with E-state index in [0.717, 1.165) is 21.2 Å². The summed E-state index contributed by atoms with van der Waals surface area (Å²) in [5, 5.41) is 5.46. The van der Waals surface area contributed by atoms with Crippen molar-refractivity contribution in [2.75, 3.05) is 0 Å². The Bertz CT molecular complexity index is 569. The van der Waals surface area contributed by atoms with Crippen molar-refractivity contribution in [3.05, 3.63) is 49.0 Å². The van der Waals surface area contributed by atoms with Crippen LogP contribution in [0, 0.1) is 0 Å². The van der Waals surface area contributed by atoms with E-state index >= 15 is 0 Å². The van der Waals surface area contributed by atoms with E-state index in [0.29, 0.717) is 12.6 Å². The van der Waals surface area contributed by atoms with Crippen LogP contribution < -0.4 is 10.1 Å². The maximum absolute atomic E-state index is 5.86. The van der Waals surface area contributed by atoms with Crippen LogP contribution >= 0.6 is 43.2 Å². The third kappa shape index (κ3) is 4.58. The van der Waals surface area contributed by atoms with Crippen molar-refractivity contribution >= 4 is 43.2 Å². The number of benzene rings is 1. The highest BCUT2D eigenvalue weighted by Crippen LogP contribution is 2.29. The van der Waals surface area contributed by atoms with Crippen LogP contribution in [0.2, 0.25) is 0 Å². The van der Waals surface area contributed by atoms with E-state index < -0.39 is 0 Å². The van der Waals surface area contributed by atoms with Crippen molar-refractivity contribution in [3.63, 3.8) is 0 Å². The van der Waals surface area contributed by atoms with Gasteiger partial charge in [0.05, 0.1) is 9.35 Å². The minimum Gasteiger partial charge on any atom is -0.487 e. The zero-order valence-corrected chi connectivity index (χ0v) is 15.4. The van der Waals surface area contributed by atoms with E-state index in [1.165, 1.54) is 10.4 Å². The second-order valence-corrected chi connectivity index (χ2v) is 7.49. The molecule has 0 spiro atoms. The lowest BCUT2D eigenvalue weighted by Gasteiger charge is -2.11. The van der Waals surface area contributed by atoms with E-state index in [-0.39, 0.29) is 0 Å². The number of ether oxygens (including phenoxy) is 1. The average Bonchev–Trinajstić information content (AvgIpc) is 2.81. The monoisotopic (exact) mass is 417 g/mol. The summed E-state index contributed by atoms with van der Waals surface area (Å²) in [6, 6.07) is 8.75. The fourth-order valence-electron chi connectivity index (χ4n) is 1.66. The van der Waals surface area contributed by atoms with E-state index in [4.69, 9.17) is 4.74 Å². The van der Waals surface area contributed by atoms with E-state index in [1.54, 1.807) is 11.3 Å². The molecule has 0 radical (unpaired) electrons. The lowest BCUT2D eigenvalue weighted by atomic mass is 10.2. The molecule has 1 heterocycles. The number of hydrogen-bond donors (Lipinski definition) is 1. The molecule has 0 fully saturated rings. The summed E-state index contributed by atoms with van der Waals surface area (Å²) in [5.74, 6) is 0.874. The first-order valence-electron chi connectivity index (χ1n) is 6.42. The Labute approximate surface area is 140 Å². The quantitative estimate of drug-likeness (QED) is 0.682. The van der Waals surface area contributed by atoms with Gasteiger partial charge in [-0.1, -0.05) is 19.9 Å². The molecule has 108 valence electrons. The van der Waals surface area contributed by atoms with E-state index in [1.807, 2.05) is 12.1 Å². The summed E-state index contributed by atoms with van der Waals surface area (Å²) in [6.07, 6.45) is 0. The standard InChI is InChI=1S/C15H17Br2NOS/c1-10(2)18-8-11-3-4-14(13(17)7-11)19-9-15-12(16)5-6-20-15/h3-7,10,18H,8-9H2,1-2H3. The molecule has 2 nitrogen and oxygen atoms in total. The molecular formula is C15H17Br2NOS. The molecule has 2 aromatic rings. The zero-order chi connectivity index (χ0) is 14.5. The Hall–Kier alpha value is -0.360. The van der Waals surface area contributed by atoms with Crippen LogP contribution in [-0.2, 0) is 13.2 Å². The molecule has 0 aliphatic heterocycles. The van der Waals surface area contributed by atoms with Gasteiger partial charge < -0.3 is 10.1 Å². The average molecular weight is 419 g/mol. The van der Waals surface area contributed by atoms with Gasteiger partial charge in [0.15, 0.2) is 0 Å². The van der Waals surface area contributed by atoms with Crippen molar-refractivity contribution in [2.45, 2.75) is 33.0 Å². The SMILES string of the molecule is CC(C)NCc1ccc(OCc2sccc2Br)c(Br)c1. The Morgan fingerprint density at radius 2 is 2.00 bits per heavy atom. The molecule has 0 saturated carbocycles. The zero-order valence-electron chi connectivity index (χ0n) is 11.5. The van der Waals surface area contributed by atoms with Crippen LogP contribution in [0.25, 0.3) is 0 Å². The Balaban J connectivity index is 1.97. The summed E-state index contributed by atoms with van der Waals surface area (Å²) in [6.45, 7) is 5.74. The molecule has 0 bridgehead atoms. The largest absolute Gasteiger partial charge is 0.487 e. The van der Waals surface area contributed by atoms with Crippen molar-refractivity contribution in [2.24, 2.45) is 0 Å². The predicted molar refractivity (Wildman–Crippen MR) is 92.5 cm³/mol. The second-order valence-electron chi connectivity index (χ2n) is 4.78. The molecule has 20 heavy (non-hydrogen) atoms. The van der Waals surface area contributed by atoms with Gasteiger partial charge in [-0.25, -0.2) is 0 Å². The van der Waals surface area contributed by atoms with Gasteiger partial charge in [-0.3, -0.25) is 0 Å². The maximum Gasteiger partial charge on any atom is 0.134 e. The fourth-order valence-corrected chi connectivity index (χ4v) is 3.58. The summed E-state index contributed by atoms with van der Waals surface area (Å²) in [5.41, 5.74) is 1.25. The van der Waals surface area contributed by atoms with Gasteiger partial charge >= 0.3 is 0 Å². The molecule has 5 heteroatoms. The first-order valence-corrected chi connectivity index (χ1v) is 8.89. The van der Waals surface area contributed by atoms with Gasteiger partial charge in [-0.2, -0.15) is 0 Å². The van der Waals surface area contributed by atoms with Crippen LogP contribution in [0.3, 0.4) is 0 Å². The van der Waals surface area contributed by atoms with Crippen LogP contribution in [0.5, 0.6) is 5.75 Å². The lowest BCUT2D eigenvalue weighted by Crippen LogP contribution is -2.21. The predicted octanol–water partition coefficient (Wildman–Crippen LogP) is 5.35. The molecule has 0 unspecified atom stereocenters. The normalized spacial score (nSPS) is 11.1. The van der Waals surface area contributed by atoms with Crippen molar-refractivity contribution in [1.82, 2.24) is 5.32 Å². The number of hydrogen-bond acceptors (Lipinski definition) is 3. The minimum absolute atomic E-state index is 0.487. The maximum atomic E-state index is 5.86. The van der Waals surface area contributed by atoms with Gasteiger partial charge in [-0.05, 0) is 61.0 Å². The molecule has 0 aliphatic carbocycles. The minimum atomic E-state index is 0.487. The topological polar surface area (TPSA) is 21.3 Å². The lowest BCUT2D eigenvalue weighted by molar-refractivity contribution is 0.307. The second kappa shape index (κ2) is 7.59. The van der Waals surface area contributed by atoms with Gasteiger partial charge in [0.2, 0.25) is 0 Å². The van der Waals surface area contributed by atoms with Gasteiger partial charge in [0.25, 0.3) is 0 Å². The molecule has 1 aromatic carbocycles. The van der Waals surface area contributed by atoms with Crippen LogP contribution in [-0.4, -0.2) is 6.04 Å². The molecule has 0 aliphatic rings. The Kier molecular flexibility index (Phi) is 6.08. The first kappa shape index (κ1) is 16.0. The molecule has 1 N–H and O–H groups in total. The number of thiophene rings is 1. The number of nitrogens with one attached hydrogen (secondary N) is 1. The third-order valence-electron chi connectivity index (χ3n) is 2.76. The smallest absolute Gasteiger partial charge is 0.134 e. The summed E-state index contributed by atoms with van der Waals surface area (Å²) < 4.78 is 7.96. The summed E-state index contributed by atoms with van der Waals surface area (Å²) in [4.78, 5) is 1.20. The van der Waals surface area contributed by atoms with Crippen LogP contribution in [0.1, 0.15) is 24.3 Å². The van der Waals surface area contributed by atoms with Gasteiger partial charge in [0.1, 0.15) is 12.4 Å². The summed E-state index contributed by atoms with van der Waals surface area (Å²) >= 11 is 8.78. The highest BCUT2D eigenvalue weighted by Gasteiger charge is 2.06. The number of halogens is 2. The Morgan fingerprint density at radius 3 is 2.60 bits per heavy atom. The van der Waals surface area contributed by atoms with Crippen LogP contribution in [0.15, 0.2) is 38.6 Å². The van der Waals surface area contributed by atoms with Crippen molar-refractivity contribution in [1.29, 1.82) is 0 Å². The molecule has 0 amide bonds. The number of rotatable bonds is 6. The van der Waals surface area contributed by atoms with Crippen molar-refractivity contribution in [3.8, 4) is 5.75 Å². The third-order valence-corrected chi connectivity index (χ3v) is 5.28. The van der Waals surface area contributed by atoms with E-state index in [9.17, 15) is 0 Å². The first-order chi connectivity index (χ1) is 9.56. The fraction of sp³-hybridized carbons (Fsp3) is 0.333. The highest BCUT2D eigenvalue weighted by molar-refractivity contribution is 9.10. The molecule has 1 aromatic heterocycles. The molecule has 0 atom stereocenters. The molecular weight excluding hydrogens is 402 g/mol.